The Hall–Kier alpha value is -4.14. The molecule has 0 amide bonds. The number of phenolic OH excluding ortho intramolecular Hbond substituents is 1. The largest absolute Gasteiger partial charge is 0.508 e. The second-order valence-corrected chi connectivity index (χ2v) is 12.6. The molecule has 44 heavy (non-hydrogen) atoms. The molecular formula is C33H31F3N6O2. The molecule has 6 heterocycles. The molecule has 0 aliphatic carbocycles. The molecule has 8 rings (SSSR count). The number of nitrogens with one attached hydrogen (secondary N) is 1. The van der Waals surface area contributed by atoms with Crippen molar-refractivity contribution in [2.45, 2.75) is 55.9 Å². The summed E-state index contributed by atoms with van der Waals surface area (Å²) in [5, 5.41) is 14.9. The molecule has 2 bridgehead atoms. The van der Waals surface area contributed by atoms with Crippen molar-refractivity contribution in [3.05, 3.63) is 47.7 Å². The molecule has 4 atom stereocenters. The third-order valence-corrected chi connectivity index (χ3v) is 9.85. The van der Waals surface area contributed by atoms with Crippen LogP contribution in [0, 0.1) is 24.0 Å². The van der Waals surface area contributed by atoms with Gasteiger partial charge in [-0.1, -0.05) is 12.0 Å². The molecule has 4 aliphatic rings. The first-order valence-corrected chi connectivity index (χ1v) is 15.1. The van der Waals surface area contributed by atoms with Crippen LogP contribution in [0.15, 0.2) is 30.5 Å². The highest BCUT2D eigenvalue weighted by atomic mass is 19.1. The second-order valence-electron chi connectivity index (χ2n) is 12.6. The molecule has 4 aliphatic heterocycles. The average molecular weight is 601 g/mol. The van der Waals surface area contributed by atoms with Gasteiger partial charge in [0.05, 0.1) is 11.1 Å². The summed E-state index contributed by atoms with van der Waals surface area (Å²) in [5.41, 5.74) is -0.0439. The predicted molar refractivity (Wildman–Crippen MR) is 160 cm³/mol. The highest BCUT2D eigenvalue weighted by Crippen LogP contribution is 2.42. The van der Waals surface area contributed by atoms with E-state index in [0.29, 0.717) is 37.3 Å². The van der Waals surface area contributed by atoms with Gasteiger partial charge in [-0.25, -0.2) is 18.2 Å². The first kappa shape index (κ1) is 27.4. The van der Waals surface area contributed by atoms with Gasteiger partial charge in [0, 0.05) is 55.3 Å². The van der Waals surface area contributed by atoms with E-state index in [-0.39, 0.29) is 63.6 Å². The van der Waals surface area contributed by atoms with Crippen LogP contribution in [0.4, 0.5) is 19.0 Å². The standard InChI is InChI=1S/C33H31F3N6O2/c1-2-23-26(35)7-4-18-10-22(43)11-24(27(18)23)25-13-37-30-29(28(25)36)39-32(40-31(30)41-15-20-5-6-21(16-41)38-20)44-17-33-8-3-9-42(33)14-19(34)12-33/h1,4,7,10-11,13,19-21,38,43H,3,5-6,8-9,12,14-17H2/t19-,20?,21?,33?/m1/s1. The van der Waals surface area contributed by atoms with E-state index in [4.69, 9.17) is 16.1 Å². The van der Waals surface area contributed by atoms with Gasteiger partial charge < -0.3 is 20.1 Å². The Balaban J connectivity index is 1.28. The number of fused-ring (bicyclic) bond motifs is 5. The molecule has 3 unspecified atom stereocenters. The third kappa shape index (κ3) is 4.34. The lowest BCUT2D eigenvalue weighted by Crippen LogP contribution is -2.51. The van der Waals surface area contributed by atoms with Crippen LogP contribution in [-0.2, 0) is 0 Å². The molecule has 226 valence electrons. The number of benzene rings is 2. The Bertz CT molecular complexity index is 1850. The Kier molecular flexibility index (Phi) is 6.36. The molecule has 4 aromatic rings. The fourth-order valence-corrected chi connectivity index (χ4v) is 7.88. The summed E-state index contributed by atoms with van der Waals surface area (Å²) in [6.07, 6.45) is 10.4. The summed E-state index contributed by atoms with van der Waals surface area (Å²) in [6.45, 7) is 2.75. The van der Waals surface area contributed by atoms with Crippen LogP contribution in [0.5, 0.6) is 11.8 Å². The van der Waals surface area contributed by atoms with Crippen LogP contribution >= 0.6 is 0 Å². The summed E-state index contributed by atoms with van der Waals surface area (Å²) in [4.78, 5) is 18.2. The van der Waals surface area contributed by atoms with Gasteiger partial charge in [0.1, 0.15) is 35.4 Å². The number of hydrogen-bond donors (Lipinski definition) is 2. The first-order valence-electron chi connectivity index (χ1n) is 15.1. The Morgan fingerprint density at radius 1 is 1.09 bits per heavy atom. The van der Waals surface area contributed by atoms with Crippen molar-refractivity contribution in [3.8, 4) is 35.2 Å². The van der Waals surface area contributed by atoms with E-state index >= 15 is 4.39 Å². The van der Waals surface area contributed by atoms with Gasteiger partial charge in [-0.05, 0) is 61.4 Å². The number of rotatable bonds is 5. The minimum atomic E-state index is -0.914. The molecule has 11 heteroatoms. The molecule has 8 nitrogen and oxygen atoms in total. The van der Waals surface area contributed by atoms with E-state index in [9.17, 15) is 13.9 Å². The third-order valence-electron chi connectivity index (χ3n) is 9.85. The number of phenols is 1. The lowest BCUT2D eigenvalue weighted by Gasteiger charge is -2.34. The van der Waals surface area contributed by atoms with Crippen LogP contribution in [-0.4, -0.2) is 81.5 Å². The van der Waals surface area contributed by atoms with Crippen molar-refractivity contribution in [2.75, 3.05) is 37.7 Å². The Morgan fingerprint density at radius 2 is 1.91 bits per heavy atom. The fourth-order valence-electron chi connectivity index (χ4n) is 7.88. The quantitative estimate of drug-likeness (QED) is 0.319. The molecule has 4 saturated heterocycles. The summed E-state index contributed by atoms with van der Waals surface area (Å²) < 4.78 is 52.2. The van der Waals surface area contributed by atoms with Crippen molar-refractivity contribution in [1.29, 1.82) is 0 Å². The van der Waals surface area contributed by atoms with Crippen LogP contribution in [0.25, 0.3) is 32.9 Å². The van der Waals surface area contributed by atoms with Crippen LogP contribution in [0.2, 0.25) is 0 Å². The minimum Gasteiger partial charge on any atom is -0.508 e. The van der Waals surface area contributed by atoms with Crippen molar-refractivity contribution in [1.82, 2.24) is 25.2 Å². The lowest BCUT2D eigenvalue weighted by molar-refractivity contribution is 0.107. The van der Waals surface area contributed by atoms with Crippen LogP contribution in [0.3, 0.4) is 0 Å². The number of halogens is 3. The van der Waals surface area contributed by atoms with Gasteiger partial charge in [0.2, 0.25) is 0 Å². The van der Waals surface area contributed by atoms with E-state index < -0.39 is 23.3 Å². The fraction of sp³-hybridized carbons (Fsp3) is 0.424. The predicted octanol–water partition coefficient (Wildman–Crippen LogP) is 4.71. The number of terminal acetylenes is 1. The van der Waals surface area contributed by atoms with Crippen molar-refractivity contribution in [3.63, 3.8) is 0 Å². The number of hydrogen-bond acceptors (Lipinski definition) is 8. The summed E-state index contributed by atoms with van der Waals surface area (Å²) in [7, 11) is 0. The van der Waals surface area contributed by atoms with Crippen molar-refractivity contribution < 1.29 is 23.0 Å². The zero-order valence-corrected chi connectivity index (χ0v) is 24.0. The van der Waals surface area contributed by atoms with Gasteiger partial charge in [-0.3, -0.25) is 4.90 Å². The number of alkyl halides is 1. The molecule has 0 saturated carbocycles. The Morgan fingerprint density at radius 3 is 2.70 bits per heavy atom. The van der Waals surface area contributed by atoms with E-state index in [2.05, 4.69) is 31.0 Å². The number of pyridine rings is 1. The summed E-state index contributed by atoms with van der Waals surface area (Å²) in [5.74, 6) is 1.37. The highest BCUT2D eigenvalue weighted by Gasteiger charge is 2.49. The maximum absolute atomic E-state index is 16.7. The summed E-state index contributed by atoms with van der Waals surface area (Å²) >= 11 is 0. The summed E-state index contributed by atoms with van der Waals surface area (Å²) in [6, 6.07) is 6.08. The maximum Gasteiger partial charge on any atom is 0.319 e. The SMILES string of the molecule is C#Cc1c(F)ccc2cc(O)cc(-c3cnc4c(N5CC6CCC(C5)N6)nc(OCC56CCCN5C[C@H](F)C6)nc4c3F)c12. The molecule has 4 fully saturated rings. The van der Waals surface area contributed by atoms with Crippen molar-refractivity contribution in [2.24, 2.45) is 0 Å². The maximum atomic E-state index is 16.7. The molecule has 0 spiro atoms. The number of ether oxygens (including phenoxy) is 1. The smallest absolute Gasteiger partial charge is 0.319 e. The van der Waals surface area contributed by atoms with Crippen LogP contribution in [0.1, 0.15) is 37.7 Å². The molecular weight excluding hydrogens is 569 g/mol. The second kappa shape index (κ2) is 10.2. The first-order chi connectivity index (χ1) is 21.3. The lowest BCUT2D eigenvalue weighted by atomic mass is 9.94. The number of piperazine rings is 1. The van der Waals surface area contributed by atoms with Gasteiger partial charge in [0.25, 0.3) is 0 Å². The number of aromatic nitrogens is 3. The van der Waals surface area contributed by atoms with Crippen molar-refractivity contribution >= 4 is 27.6 Å². The zero-order chi connectivity index (χ0) is 30.2. The van der Waals surface area contributed by atoms with Gasteiger partial charge in [-0.15, -0.1) is 6.42 Å². The average Bonchev–Trinajstić information content (AvgIpc) is 3.66. The topological polar surface area (TPSA) is 86.6 Å². The molecule has 0 radical (unpaired) electrons. The van der Waals surface area contributed by atoms with Gasteiger partial charge in [-0.2, -0.15) is 9.97 Å². The molecule has 2 aromatic heterocycles. The number of nitrogens with zero attached hydrogens (tertiary/aromatic N) is 5. The Labute approximate surface area is 252 Å². The van der Waals surface area contributed by atoms with Gasteiger partial charge >= 0.3 is 6.01 Å². The molecule has 2 aromatic carbocycles. The highest BCUT2D eigenvalue weighted by molar-refractivity contribution is 6.03. The van der Waals surface area contributed by atoms with E-state index in [1.54, 1.807) is 0 Å². The van der Waals surface area contributed by atoms with Gasteiger partial charge in [0.15, 0.2) is 11.6 Å². The monoisotopic (exact) mass is 600 g/mol. The van der Waals surface area contributed by atoms with E-state index in [1.165, 1.54) is 30.5 Å². The van der Waals surface area contributed by atoms with E-state index in [0.717, 1.165) is 32.2 Å². The molecule has 2 N–H and O–H groups in total. The minimum absolute atomic E-state index is 0.00381. The van der Waals surface area contributed by atoms with Crippen LogP contribution < -0.4 is 15.0 Å². The zero-order valence-electron chi connectivity index (χ0n) is 24.0. The normalized spacial score (nSPS) is 26.4. The number of aromatic hydroxyl groups is 1. The number of anilines is 1. The van der Waals surface area contributed by atoms with E-state index in [1.807, 2.05) is 0 Å².